The van der Waals surface area contributed by atoms with E-state index in [4.69, 9.17) is 0 Å². The lowest BCUT2D eigenvalue weighted by Crippen LogP contribution is -2.06. The van der Waals surface area contributed by atoms with Crippen LogP contribution in [0.3, 0.4) is 0 Å². The summed E-state index contributed by atoms with van der Waals surface area (Å²) in [6.45, 7) is 2.95. The molecule has 0 aliphatic carbocycles. The summed E-state index contributed by atoms with van der Waals surface area (Å²) in [7, 11) is 0. The van der Waals surface area contributed by atoms with Crippen LogP contribution in [0.15, 0.2) is 50.2 Å². The molecule has 150 valence electrons. The Bertz CT molecular complexity index is 1100. The number of hydrogen-bond acceptors (Lipinski definition) is 4. The van der Waals surface area contributed by atoms with E-state index in [1.165, 1.54) is 5.56 Å². The first-order valence-electron chi connectivity index (χ1n) is 9.19. The number of nitrogens with one attached hydrogen (secondary N) is 1. The fraction of sp³-hybridized carbons (Fsp3) is 0.263. The molecule has 0 saturated carbocycles. The number of rotatable bonds is 7. The molecule has 10 heteroatoms. The van der Waals surface area contributed by atoms with Crippen molar-refractivity contribution in [3.63, 3.8) is 0 Å². The van der Waals surface area contributed by atoms with Crippen molar-refractivity contribution in [3.8, 4) is 17.2 Å². The number of aromatic nitrogens is 7. The average Bonchev–Trinajstić information content (AvgIpc) is 3.44. The molecular weight excluding hydrogens is 566 g/mol. The zero-order valence-electron chi connectivity index (χ0n) is 15.6. The van der Waals surface area contributed by atoms with Gasteiger partial charge in [0.05, 0.1) is 10.3 Å². The van der Waals surface area contributed by atoms with E-state index in [-0.39, 0.29) is 0 Å². The van der Waals surface area contributed by atoms with Crippen LogP contribution in [0.2, 0.25) is 0 Å². The van der Waals surface area contributed by atoms with Crippen molar-refractivity contribution in [1.82, 2.24) is 34.7 Å². The molecule has 7 nitrogen and oxygen atoms in total. The van der Waals surface area contributed by atoms with E-state index in [0.717, 1.165) is 56.8 Å². The van der Waals surface area contributed by atoms with Gasteiger partial charge < -0.3 is 9.13 Å². The van der Waals surface area contributed by atoms with Gasteiger partial charge in [-0.25, -0.2) is 10.1 Å². The lowest BCUT2D eigenvalue weighted by Gasteiger charge is -2.12. The number of benzene rings is 1. The van der Waals surface area contributed by atoms with Crippen LogP contribution >= 0.6 is 47.8 Å². The highest BCUT2D eigenvalue weighted by molar-refractivity contribution is 9.13. The van der Waals surface area contributed by atoms with E-state index >= 15 is 0 Å². The molecule has 0 bridgehead atoms. The summed E-state index contributed by atoms with van der Waals surface area (Å²) in [5.41, 5.74) is 3.11. The molecule has 1 aromatic carbocycles. The van der Waals surface area contributed by atoms with Gasteiger partial charge in [-0.1, -0.05) is 25.5 Å². The summed E-state index contributed by atoms with van der Waals surface area (Å²) < 4.78 is 7.02. The maximum atomic E-state index is 4.65. The summed E-state index contributed by atoms with van der Waals surface area (Å²) in [6.07, 6.45) is 3.23. The number of unbranched alkanes of at least 4 members (excludes halogenated alkanes) is 1. The Morgan fingerprint density at radius 2 is 1.83 bits per heavy atom. The summed E-state index contributed by atoms with van der Waals surface area (Å²) in [5.74, 6) is 1.70. The molecule has 4 rings (SSSR count). The van der Waals surface area contributed by atoms with Crippen LogP contribution in [0.1, 0.15) is 31.2 Å². The Morgan fingerprint density at radius 3 is 2.52 bits per heavy atom. The Hall–Kier alpha value is -1.78. The molecule has 0 saturated heterocycles. The molecule has 0 atom stereocenters. The van der Waals surface area contributed by atoms with Gasteiger partial charge in [0.25, 0.3) is 0 Å². The van der Waals surface area contributed by atoms with Gasteiger partial charge in [0, 0.05) is 18.7 Å². The Morgan fingerprint density at radius 1 is 1.03 bits per heavy atom. The van der Waals surface area contributed by atoms with Crippen molar-refractivity contribution in [1.29, 1.82) is 0 Å². The topological polar surface area (TPSA) is 77.2 Å². The predicted octanol–water partition coefficient (Wildman–Crippen LogP) is 5.53. The smallest absolute Gasteiger partial charge is 0.196 e. The minimum absolute atomic E-state index is 0.618. The minimum Gasteiger partial charge on any atom is -0.317 e. The zero-order chi connectivity index (χ0) is 20.4. The van der Waals surface area contributed by atoms with Gasteiger partial charge in [0.2, 0.25) is 0 Å². The third kappa shape index (κ3) is 4.24. The maximum Gasteiger partial charge on any atom is 0.196 e. The molecule has 0 spiro atoms. The second-order valence-corrected chi connectivity index (χ2v) is 8.91. The van der Waals surface area contributed by atoms with Crippen molar-refractivity contribution in [2.45, 2.75) is 32.7 Å². The first-order valence-corrected chi connectivity index (χ1v) is 11.6. The van der Waals surface area contributed by atoms with Gasteiger partial charge in [-0.3, -0.25) is 0 Å². The number of aromatic amines is 1. The van der Waals surface area contributed by atoms with Crippen molar-refractivity contribution < 1.29 is 0 Å². The largest absolute Gasteiger partial charge is 0.317 e. The SMILES string of the molecule is CCCCc1nc(Br)c(Br)n1Cc1ccc(-n2c(Br)ccc2-c2nnn[nH]2)cc1. The molecule has 0 radical (unpaired) electrons. The molecule has 4 aromatic rings. The molecule has 0 aliphatic heterocycles. The standard InChI is InChI=1S/C19H18Br3N7/c1-2-3-4-16-23-17(21)18(22)28(16)11-12-5-7-13(8-6-12)29-14(9-10-15(29)20)19-24-26-27-25-19/h5-10H,2-4,11H2,1H3,(H,24,25,26,27). The molecule has 1 N–H and O–H groups in total. The Balaban J connectivity index is 1.62. The highest BCUT2D eigenvalue weighted by Gasteiger charge is 2.15. The van der Waals surface area contributed by atoms with Crippen LogP contribution in [0.5, 0.6) is 0 Å². The molecule has 0 unspecified atom stereocenters. The lowest BCUT2D eigenvalue weighted by atomic mass is 10.2. The highest BCUT2D eigenvalue weighted by Crippen LogP contribution is 2.29. The number of H-pyrrole nitrogens is 1. The molecule has 3 heterocycles. The predicted molar refractivity (Wildman–Crippen MR) is 122 cm³/mol. The highest BCUT2D eigenvalue weighted by atomic mass is 79.9. The van der Waals surface area contributed by atoms with Gasteiger partial charge in [-0.15, -0.1) is 5.10 Å². The number of tetrazole rings is 1. The molecule has 0 amide bonds. The van der Waals surface area contributed by atoms with Gasteiger partial charge in [0.1, 0.15) is 15.0 Å². The monoisotopic (exact) mass is 581 g/mol. The van der Waals surface area contributed by atoms with Crippen LogP contribution in [-0.2, 0) is 13.0 Å². The van der Waals surface area contributed by atoms with Gasteiger partial charge in [-0.05, 0) is 94.5 Å². The second-order valence-electron chi connectivity index (χ2n) is 6.59. The molecule has 3 aromatic heterocycles. The van der Waals surface area contributed by atoms with E-state index in [2.05, 4.69) is 114 Å². The van der Waals surface area contributed by atoms with Gasteiger partial charge >= 0.3 is 0 Å². The van der Waals surface area contributed by atoms with E-state index < -0.39 is 0 Å². The van der Waals surface area contributed by atoms with Gasteiger partial charge in [-0.2, -0.15) is 0 Å². The normalized spacial score (nSPS) is 11.3. The van der Waals surface area contributed by atoms with E-state index in [1.54, 1.807) is 0 Å². The lowest BCUT2D eigenvalue weighted by molar-refractivity contribution is 0.670. The third-order valence-corrected chi connectivity index (χ3v) is 7.16. The molecule has 0 aliphatic rings. The first-order chi connectivity index (χ1) is 14.1. The van der Waals surface area contributed by atoms with Crippen molar-refractivity contribution in [3.05, 3.63) is 61.6 Å². The van der Waals surface area contributed by atoms with Gasteiger partial charge in [0.15, 0.2) is 5.82 Å². The number of halogens is 3. The van der Waals surface area contributed by atoms with Crippen LogP contribution in [0, 0.1) is 0 Å². The number of aryl methyl sites for hydroxylation is 1. The van der Waals surface area contributed by atoms with Crippen molar-refractivity contribution in [2.24, 2.45) is 0 Å². The Labute approximate surface area is 193 Å². The summed E-state index contributed by atoms with van der Waals surface area (Å²) >= 11 is 10.8. The molecule has 0 fully saturated rings. The number of imidazole rings is 1. The van der Waals surface area contributed by atoms with Crippen molar-refractivity contribution >= 4 is 47.8 Å². The van der Waals surface area contributed by atoms with E-state index in [1.807, 2.05) is 12.1 Å². The molecular formula is C19H18Br3N7. The number of hydrogen-bond donors (Lipinski definition) is 1. The first kappa shape index (κ1) is 20.5. The second kappa shape index (κ2) is 8.93. The van der Waals surface area contributed by atoms with Crippen LogP contribution in [-0.4, -0.2) is 34.7 Å². The summed E-state index contributed by atoms with van der Waals surface area (Å²) in [4.78, 5) is 4.65. The van der Waals surface area contributed by atoms with E-state index in [0.29, 0.717) is 5.82 Å². The quantitative estimate of drug-likeness (QED) is 0.310. The summed E-state index contributed by atoms with van der Waals surface area (Å²) in [5, 5.41) is 14.2. The zero-order valence-corrected chi connectivity index (χ0v) is 20.4. The molecule has 29 heavy (non-hydrogen) atoms. The van der Waals surface area contributed by atoms with Crippen LogP contribution in [0.25, 0.3) is 17.2 Å². The van der Waals surface area contributed by atoms with Crippen LogP contribution < -0.4 is 0 Å². The number of nitrogens with zero attached hydrogens (tertiary/aromatic N) is 6. The summed E-state index contributed by atoms with van der Waals surface area (Å²) in [6, 6.07) is 12.4. The fourth-order valence-electron chi connectivity index (χ4n) is 3.19. The third-order valence-electron chi connectivity index (χ3n) is 4.66. The minimum atomic E-state index is 0.618. The average molecular weight is 584 g/mol. The fourth-order valence-corrected chi connectivity index (χ4v) is 4.56. The maximum absolute atomic E-state index is 4.65. The Kier molecular flexibility index (Phi) is 6.31. The van der Waals surface area contributed by atoms with Crippen molar-refractivity contribution in [2.75, 3.05) is 0 Å². The van der Waals surface area contributed by atoms with Crippen LogP contribution in [0.4, 0.5) is 0 Å². The van der Waals surface area contributed by atoms with E-state index in [9.17, 15) is 0 Å².